The van der Waals surface area contributed by atoms with Gasteiger partial charge in [-0.15, -0.1) is 0 Å². The maximum atomic E-state index is 12.5. The van der Waals surface area contributed by atoms with Gasteiger partial charge in [0.15, 0.2) is 0 Å². The van der Waals surface area contributed by atoms with E-state index >= 15 is 0 Å². The molecular weight excluding hydrogens is 398 g/mol. The third-order valence-corrected chi connectivity index (χ3v) is 6.63. The Labute approximate surface area is 168 Å². The molecule has 1 fully saturated rings. The predicted molar refractivity (Wildman–Crippen MR) is 105 cm³/mol. The maximum Gasteiger partial charge on any atom is 0.270 e. The van der Waals surface area contributed by atoms with E-state index in [9.17, 15) is 23.3 Å². The summed E-state index contributed by atoms with van der Waals surface area (Å²) in [6.07, 6.45) is 1.73. The molecule has 0 unspecified atom stereocenters. The SMILES string of the molecule is COc1ccc([N+](=O)[O-])cc1C(=O)NCc1ccc(S(=O)(=O)N2CCCC2)cc1. The van der Waals surface area contributed by atoms with Crippen molar-refractivity contribution in [2.45, 2.75) is 24.3 Å². The number of nitro groups is 1. The van der Waals surface area contributed by atoms with Crippen molar-refractivity contribution >= 4 is 21.6 Å². The van der Waals surface area contributed by atoms with Crippen LogP contribution >= 0.6 is 0 Å². The number of hydrogen-bond acceptors (Lipinski definition) is 6. The zero-order valence-corrected chi connectivity index (χ0v) is 16.6. The number of sulfonamides is 1. The number of carbonyl (C=O) groups excluding carboxylic acids is 1. The molecule has 0 spiro atoms. The molecule has 1 aliphatic rings. The van der Waals surface area contributed by atoms with Crippen molar-refractivity contribution in [3.63, 3.8) is 0 Å². The van der Waals surface area contributed by atoms with Crippen LogP contribution in [-0.2, 0) is 16.6 Å². The predicted octanol–water partition coefficient (Wildman–Crippen LogP) is 2.32. The van der Waals surface area contributed by atoms with E-state index in [4.69, 9.17) is 4.74 Å². The molecule has 3 rings (SSSR count). The highest BCUT2D eigenvalue weighted by Gasteiger charge is 2.27. The highest BCUT2D eigenvalue weighted by atomic mass is 32.2. The molecule has 0 atom stereocenters. The lowest BCUT2D eigenvalue weighted by Crippen LogP contribution is -2.28. The summed E-state index contributed by atoms with van der Waals surface area (Å²) >= 11 is 0. The van der Waals surface area contributed by atoms with Crippen molar-refractivity contribution in [3.8, 4) is 5.75 Å². The Morgan fingerprint density at radius 1 is 1.17 bits per heavy atom. The minimum absolute atomic E-state index is 0.0509. The van der Waals surface area contributed by atoms with Gasteiger partial charge in [-0.1, -0.05) is 12.1 Å². The fourth-order valence-electron chi connectivity index (χ4n) is 3.12. The number of methoxy groups -OCH3 is 1. The zero-order chi connectivity index (χ0) is 21.0. The number of nitro benzene ring substituents is 1. The van der Waals surface area contributed by atoms with Gasteiger partial charge in [0.2, 0.25) is 10.0 Å². The number of nitrogens with one attached hydrogen (secondary N) is 1. The first-order chi connectivity index (χ1) is 13.8. The smallest absolute Gasteiger partial charge is 0.270 e. The third-order valence-electron chi connectivity index (χ3n) is 4.72. The van der Waals surface area contributed by atoms with Gasteiger partial charge < -0.3 is 10.1 Å². The molecule has 10 heteroatoms. The van der Waals surface area contributed by atoms with Crippen LogP contribution in [0, 0.1) is 10.1 Å². The van der Waals surface area contributed by atoms with Crippen LogP contribution < -0.4 is 10.1 Å². The van der Waals surface area contributed by atoms with Crippen LogP contribution in [-0.4, -0.2) is 43.8 Å². The lowest BCUT2D eigenvalue weighted by Gasteiger charge is -2.15. The molecule has 1 amide bonds. The number of nitrogens with zero attached hydrogens (tertiary/aromatic N) is 2. The molecule has 154 valence electrons. The van der Waals surface area contributed by atoms with Crippen LogP contribution in [0.3, 0.4) is 0 Å². The first-order valence-corrected chi connectivity index (χ1v) is 10.5. The number of carbonyl (C=O) groups is 1. The minimum Gasteiger partial charge on any atom is -0.496 e. The fourth-order valence-corrected chi connectivity index (χ4v) is 4.64. The van der Waals surface area contributed by atoms with E-state index < -0.39 is 20.9 Å². The second kappa shape index (κ2) is 8.58. The highest BCUT2D eigenvalue weighted by molar-refractivity contribution is 7.89. The van der Waals surface area contributed by atoms with Gasteiger partial charge in [-0.25, -0.2) is 8.42 Å². The normalized spacial score (nSPS) is 14.5. The van der Waals surface area contributed by atoms with Gasteiger partial charge >= 0.3 is 0 Å². The number of ether oxygens (including phenoxy) is 1. The van der Waals surface area contributed by atoms with Crippen molar-refractivity contribution in [2.75, 3.05) is 20.2 Å². The van der Waals surface area contributed by atoms with Gasteiger partial charge in [-0.2, -0.15) is 4.31 Å². The Morgan fingerprint density at radius 3 is 2.41 bits per heavy atom. The van der Waals surface area contributed by atoms with Gasteiger partial charge in [0, 0.05) is 31.8 Å². The average Bonchev–Trinajstić information content (AvgIpc) is 3.27. The van der Waals surface area contributed by atoms with Crippen molar-refractivity contribution < 1.29 is 22.9 Å². The maximum absolute atomic E-state index is 12.5. The molecule has 2 aromatic carbocycles. The molecular formula is C19H21N3O6S. The summed E-state index contributed by atoms with van der Waals surface area (Å²) in [7, 11) is -2.11. The molecule has 0 saturated carbocycles. The molecule has 1 N–H and O–H groups in total. The molecule has 0 aromatic heterocycles. The third kappa shape index (κ3) is 4.54. The van der Waals surface area contributed by atoms with E-state index in [1.165, 1.54) is 35.7 Å². The summed E-state index contributed by atoms with van der Waals surface area (Å²) < 4.78 is 31.7. The van der Waals surface area contributed by atoms with Crippen molar-refractivity contribution in [2.24, 2.45) is 0 Å². The largest absolute Gasteiger partial charge is 0.496 e. The Hall–Kier alpha value is -2.98. The molecule has 0 aliphatic carbocycles. The van der Waals surface area contributed by atoms with Gasteiger partial charge in [0.05, 0.1) is 22.5 Å². The van der Waals surface area contributed by atoms with Gasteiger partial charge in [-0.05, 0) is 36.6 Å². The number of hydrogen-bond donors (Lipinski definition) is 1. The standard InChI is InChI=1S/C19H21N3O6S/c1-28-18-9-6-15(22(24)25)12-17(18)19(23)20-13-14-4-7-16(8-5-14)29(26,27)21-10-2-3-11-21/h4-9,12H,2-3,10-11,13H2,1H3,(H,20,23). The Morgan fingerprint density at radius 2 is 1.83 bits per heavy atom. The van der Waals surface area contributed by atoms with Crippen LogP contribution in [0.2, 0.25) is 0 Å². The van der Waals surface area contributed by atoms with Crippen LogP contribution in [0.15, 0.2) is 47.4 Å². The van der Waals surface area contributed by atoms with E-state index in [0.717, 1.165) is 18.9 Å². The molecule has 1 aliphatic heterocycles. The van der Waals surface area contributed by atoms with E-state index in [1.807, 2.05) is 0 Å². The number of amides is 1. The van der Waals surface area contributed by atoms with E-state index in [0.29, 0.717) is 18.7 Å². The fraction of sp³-hybridized carbons (Fsp3) is 0.316. The van der Waals surface area contributed by atoms with Gasteiger partial charge in [0.1, 0.15) is 5.75 Å². The molecule has 0 bridgehead atoms. The molecule has 1 saturated heterocycles. The second-order valence-electron chi connectivity index (χ2n) is 6.58. The van der Waals surface area contributed by atoms with Crippen LogP contribution in [0.1, 0.15) is 28.8 Å². The Kier molecular flexibility index (Phi) is 6.14. The number of benzene rings is 2. The summed E-state index contributed by atoms with van der Waals surface area (Å²) in [5.41, 5.74) is 0.533. The second-order valence-corrected chi connectivity index (χ2v) is 8.52. The summed E-state index contributed by atoms with van der Waals surface area (Å²) in [5.74, 6) is -0.306. The number of rotatable bonds is 7. The summed E-state index contributed by atoms with van der Waals surface area (Å²) in [6.45, 7) is 1.20. The lowest BCUT2D eigenvalue weighted by atomic mass is 10.1. The van der Waals surface area contributed by atoms with E-state index in [-0.39, 0.29) is 28.4 Å². The molecule has 2 aromatic rings. The first kappa shape index (κ1) is 20.7. The van der Waals surface area contributed by atoms with E-state index in [1.54, 1.807) is 12.1 Å². The average molecular weight is 419 g/mol. The molecule has 29 heavy (non-hydrogen) atoms. The molecule has 9 nitrogen and oxygen atoms in total. The highest BCUT2D eigenvalue weighted by Crippen LogP contribution is 2.24. The summed E-state index contributed by atoms with van der Waals surface area (Å²) in [4.78, 5) is 23.0. The summed E-state index contributed by atoms with van der Waals surface area (Å²) in [6, 6.07) is 10.1. The quantitative estimate of drug-likeness (QED) is 0.543. The molecule has 0 radical (unpaired) electrons. The van der Waals surface area contributed by atoms with Crippen LogP contribution in [0.4, 0.5) is 5.69 Å². The summed E-state index contributed by atoms with van der Waals surface area (Å²) in [5, 5.41) is 13.6. The zero-order valence-electron chi connectivity index (χ0n) is 15.8. The monoisotopic (exact) mass is 419 g/mol. The first-order valence-electron chi connectivity index (χ1n) is 9.02. The molecule has 1 heterocycles. The Bertz CT molecular complexity index is 1010. The van der Waals surface area contributed by atoms with Gasteiger partial charge in [0.25, 0.3) is 11.6 Å². The van der Waals surface area contributed by atoms with Crippen LogP contribution in [0.25, 0.3) is 0 Å². The minimum atomic E-state index is -3.49. The van der Waals surface area contributed by atoms with Gasteiger partial charge in [-0.3, -0.25) is 14.9 Å². The number of non-ortho nitro benzene ring substituents is 1. The Balaban J connectivity index is 1.69. The van der Waals surface area contributed by atoms with Crippen molar-refractivity contribution in [3.05, 3.63) is 63.7 Å². The van der Waals surface area contributed by atoms with Crippen molar-refractivity contribution in [1.29, 1.82) is 0 Å². The van der Waals surface area contributed by atoms with Crippen molar-refractivity contribution in [1.82, 2.24) is 9.62 Å². The topological polar surface area (TPSA) is 119 Å². The van der Waals surface area contributed by atoms with Crippen LogP contribution in [0.5, 0.6) is 5.75 Å². The van der Waals surface area contributed by atoms with E-state index in [2.05, 4.69) is 5.32 Å². The lowest BCUT2D eigenvalue weighted by molar-refractivity contribution is -0.384.